The molecule has 0 aromatic heterocycles. The van der Waals surface area contributed by atoms with Gasteiger partial charge in [0.15, 0.2) is 0 Å². The first-order valence-corrected chi connectivity index (χ1v) is 13.0. The molecule has 3 heteroatoms. The molecule has 0 amide bonds. The minimum absolute atomic E-state index is 0.739. The van der Waals surface area contributed by atoms with Gasteiger partial charge in [0.2, 0.25) is 0 Å². The van der Waals surface area contributed by atoms with E-state index >= 15 is 0 Å². The van der Waals surface area contributed by atoms with Crippen molar-refractivity contribution >= 4 is 56.5 Å². The van der Waals surface area contributed by atoms with Gasteiger partial charge in [0.1, 0.15) is 0 Å². The van der Waals surface area contributed by atoms with Gasteiger partial charge in [0, 0.05) is 19.8 Å². The molecule has 0 aliphatic rings. The van der Waals surface area contributed by atoms with Gasteiger partial charge in [-0.1, -0.05) is 132 Å². The minimum Gasteiger partial charge on any atom is -0.0875 e. The molecule has 0 radical (unpaired) electrons. The maximum Gasteiger partial charge on any atom is 0.0406 e. The van der Waals surface area contributed by atoms with Gasteiger partial charge in [-0.2, -0.15) is 0 Å². The molecule has 0 bridgehead atoms. The van der Waals surface area contributed by atoms with Crippen molar-refractivity contribution in [2.45, 2.75) is 9.79 Å². The third-order valence-corrected chi connectivity index (χ3v) is 8.07. The molecule has 0 heterocycles. The van der Waals surface area contributed by atoms with Crippen LogP contribution in [0.15, 0.2) is 131 Å². The molecule has 0 spiro atoms. The van der Waals surface area contributed by atoms with E-state index in [1.165, 1.54) is 42.5 Å². The second-order valence-corrected chi connectivity index (χ2v) is 10.3. The molecule has 6 aromatic rings. The molecule has 0 N–H and O–H groups in total. The maximum atomic E-state index is 6.21. The predicted molar refractivity (Wildman–Crippen MR) is 153 cm³/mol. The molecule has 0 nitrogen and oxygen atoms in total. The summed E-state index contributed by atoms with van der Waals surface area (Å²) in [6.07, 6.45) is 0. The lowest BCUT2D eigenvalue weighted by Gasteiger charge is -2.18. The molecule has 0 unspecified atom stereocenters. The molecule has 0 fully saturated rings. The average molecular weight is 507 g/mol. The second kappa shape index (κ2) is 9.43. The third kappa shape index (κ3) is 4.32. The summed E-state index contributed by atoms with van der Waals surface area (Å²) in [5, 5.41) is 6.40. The highest BCUT2D eigenvalue weighted by atomic mass is 35.5. The molecule has 0 atom stereocenters. The van der Waals surface area contributed by atoms with Gasteiger partial charge in [-0.15, -0.1) is 0 Å². The summed E-state index contributed by atoms with van der Waals surface area (Å²) in [6, 6.07) is 42.2. The van der Waals surface area contributed by atoms with Gasteiger partial charge < -0.3 is 0 Å². The van der Waals surface area contributed by atoms with E-state index in [9.17, 15) is 0 Å². The van der Waals surface area contributed by atoms with E-state index in [1.807, 2.05) is 36.0 Å². The fourth-order valence-corrected chi connectivity index (χ4v) is 6.16. The molecule has 6 aromatic carbocycles. The highest BCUT2D eigenvalue weighted by molar-refractivity contribution is 8.00. The summed E-state index contributed by atoms with van der Waals surface area (Å²) in [4.78, 5) is 2.47. The third-order valence-electron chi connectivity index (χ3n) is 6.27. The van der Waals surface area contributed by atoms with Crippen molar-refractivity contribution in [3.05, 3.63) is 131 Å². The number of benzene rings is 6. The van der Waals surface area contributed by atoms with Crippen LogP contribution in [0.2, 0.25) is 10.0 Å². The zero-order valence-corrected chi connectivity index (χ0v) is 21.0. The molecule has 168 valence electrons. The zero-order valence-electron chi connectivity index (χ0n) is 18.7. The Morgan fingerprint density at radius 1 is 0.400 bits per heavy atom. The fourth-order valence-electron chi connectivity index (χ4n) is 4.52. The van der Waals surface area contributed by atoms with Gasteiger partial charge in [-0.25, -0.2) is 0 Å². The van der Waals surface area contributed by atoms with Crippen molar-refractivity contribution in [2.75, 3.05) is 0 Å². The van der Waals surface area contributed by atoms with Crippen LogP contribution >= 0.6 is 35.0 Å². The van der Waals surface area contributed by atoms with Gasteiger partial charge in [0.25, 0.3) is 0 Å². The number of halogens is 2. The highest BCUT2D eigenvalue weighted by Gasteiger charge is 2.17. The second-order valence-electron chi connectivity index (χ2n) is 8.44. The summed E-state index contributed by atoms with van der Waals surface area (Å²) in [7, 11) is 0. The number of hydrogen-bond donors (Lipinski definition) is 0. The molecule has 35 heavy (non-hydrogen) atoms. The van der Waals surface area contributed by atoms with Crippen LogP contribution in [0.5, 0.6) is 0 Å². The van der Waals surface area contributed by atoms with Crippen LogP contribution in [0.1, 0.15) is 0 Å². The van der Waals surface area contributed by atoms with E-state index in [4.69, 9.17) is 23.2 Å². The first kappa shape index (κ1) is 22.2. The van der Waals surface area contributed by atoms with Crippen LogP contribution in [0.4, 0.5) is 0 Å². The largest absolute Gasteiger partial charge is 0.0875 e. The Labute approximate surface area is 219 Å². The predicted octanol–water partition coefficient (Wildman–Crippen LogP) is 10.8. The first-order valence-electron chi connectivity index (χ1n) is 11.4. The van der Waals surface area contributed by atoms with Crippen LogP contribution in [0, 0.1) is 0 Å². The molecule has 0 aliphatic heterocycles. The molecular weight excluding hydrogens is 487 g/mol. The summed E-state index contributed by atoms with van der Waals surface area (Å²) in [6.45, 7) is 0. The van der Waals surface area contributed by atoms with Crippen molar-refractivity contribution < 1.29 is 0 Å². The van der Waals surface area contributed by atoms with Crippen molar-refractivity contribution in [2.24, 2.45) is 0 Å². The van der Waals surface area contributed by atoms with E-state index < -0.39 is 0 Å². The molecule has 6 rings (SSSR count). The Balaban J connectivity index is 1.63. The number of hydrogen-bond acceptors (Lipinski definition) is 1. The molecular formula is C32H20Cl2S. The van der Waals surface area contributed by atoms with E-state index in [1.54, 1.807) is 0 Å². The Hall–Kier alpha value is -3.23. The van der Waals surface area contributed by atoms with Gasteiger partial charge in [0.05, 0.1) is 0 Å². The Kier molecular flexibility index (Phi) is 6.00. The van der Waals surface area contributed by atoms with Gasteiger partial charge >= 0.3 is 0 Å². The molecule has 0 saturated heterocycles. The van der Waals surface area contributed by atoms with Crippen LogP contribution < -0.4 is 0 Å². The van der Waals surface area contributed by atoms with Crippen LogP contribution in [0.3, 0.4) is 0 Å². The van der Waals surface area contributed by atoms with E-state index in [-0.39, 0.29) is 0 Å². The Morgan fingerprint density at radius 2 is 0.800 bits per heavy atom. The van der Waals surface area contributed by atoms with E-state index in [0.29, 0.717) is 0 Å². The summed E-state index contributed by atoms with van der Waals surface area (Å²) in [5.74, 6) is 0. The maximum absolute atomic E-state index is 6.21. The summed E-state index contributed by atoms with van der Waals surface area (Å²) < 4.78 is 0. The molecule has 0 saturated carbocycles. The van der Waals surface area contributed by atoms with Crippen molar-refractivity contribution in [3.63, 3.8) is 0 Å². The number of rotatable bonds is 4. The van der Waals surface area contributed by atoms with Crippen LogP contribution in [0.25, 0.3) is 43.8 Å². The Morgan fingerprint density at radius 3 is 1.23 bits per heavy atom. The monoisotopic (exact) mass is 506 g/mol. The molecule has 0 aliphatic carbocycles. The lowest BCUT2D eigenvalue weighted by Crippen LogP contribution is -1.90. The van der Waals surface area contributed by atoms with E-state index in [0.717, 1.165) is 21.2 Å². The quantitative estimate of drug-likeness (QED) is 0.229. The topological polar surface area (TPSA) is 0 Å². The van der Waals surface area contributed by atoms with Crippen molar-refractivity contribution in [3.8, 4) is 22.3 Å². The van der Waals surface area contributed by atoms with Crippen LogP contribution in [-0.2, 0) is 0 Å². The average Bonchev–Trinajstić information content (AvgIpc) is 2.90. The lowest BCUT2D eigenvalue weighted by atomic mass is 10.0. The lowest BCUT2D eigenvalue weighted by molar-refractivity contribution is 1.46. The standard InChI is InChI=1S/C32H20Cl2S/c33-25-15-9-23(10-16-25)29-19-13-21-5-1-3-7-27(21)31(29)35-32-28-8-4-2-6-22(28)14-20-30(32)24-11-17-26(34)18-12-24/h1-20H. The smallest absolute Gasteiger partial charge is 0.0406 e. The van der Waals surface area contributed by atoms with Crippen molar-refractivity contribution in [1.29, 1.82) is 0 Å². The SMILES string of the molecule is Clc1ccc(-c2ccc3ccccc3c2Sc2c(-c3ccc(Cl)cc3)ccc3ccccc23)cc1. The Bertz CT molecular complexity index is 1540. The first-order chi connectivity index (χ1) is 17.2. The zero-order chi connectivity index (χ0) is 23.8. The minimum atomic E-state index is 0.739. The number of fused-ring (bicyclic) bond motifs is 2. The van der Waals surface area contributed by atoms with Crippen LogP contribution in [-0.4, -0.2) is 0 Å². The fraction of sp³-hybridized carbons (Fsp3) is 0. The highest BCUT2D eigenvalue weighted by Crippen LogP contribution is 2.47. The summed E-state index contributed by atoms with van der Waals surface area (Å²) in [5.41, 5.74) is 4.69. The van der Waals surface area contributed by atoms with E-state index in [2.05, 4.69) is 97.1 Å². The summed E-state index contributed by atoms with van der Waals surface area (Å²) >= 11 is 14.3. The van der Waals surface area contributed by atoms with Gasteiger partial charge in [-0.05, 0) is 68.1 Å². The van der Waals surface area contributed by atoms with Gasteiger partial charge in [-0.3, -0.25) is 0 Å². The van der Waals surface area contributed by atoms with Crippen molar-refractivity contribution in [1.82, 2.24) is 0 Å². The normalized spacial score (nSPS) is 11.3.